The fraction of sp³-hybridized carbons (Fsp3) is 0.652. The molecule has 0 N–H and O–H groups in total. The van der Waals surface area contributed by atoms with Gasteiger partial charge in [0.1, 0.15) is 17.6 Å². The first-order chi connectivity index (χ1) is 13.3. The van der Waals surface area contributed by atoms with Gasteiger partial charge in [0.15, 0.2) is 0 Å². The number of carbonyl (C=O) groups is 2. The highest BCUT2D eigenvalue weighted by Gasteiger charge is 2.56. The van der Waals surface area contributed by atoms with E-state index in [1.54, 1.807) is 7.11 Å². The van der Waals surface area contributed by atoms with E-state index in [2.05, 4.69) is 13.0 Å². The van der Waals surface area contributed by atoms with E-state index < -0.39 is 0 Å². The molecule has 0 radical (unpaired) electrons. The lowest BCUT2D eigenvalue weighted by Gasteiger charge is -2.50. The lowest BCUT2D eigenvalue weighted by molar-refractivity contribution is -0.154. The molecule has 0 spiro atoms. The molecule has 5 heteroatoms. The van der Waals surface area contributed by atoms with E-state index in [0.29, 0.717) is 23.5 Å². The van der Waals surface area contributed by atoms with E-state index in [1.807, 2.05) is 6.07 Å². The van der Waals surface area contributed by atoms with Crippen LogP contribution in [-0.2, 0) is 20.7 Å². The highest BCUT2D eigenvalue weighted by molar-refractivity contribution is 5.71. The number of methoxy groups -OCH3 is 1. The average Bonchev–Trinajstić information content (AvgIpc) is 2.96. The zero-order valence-corrected chi connectivity index (χ0v) is 17.2. The van der Waals surface area contributed by atoms with Gasteiger partial charge in [-0.2, -0.15) is 0 Å². The monoisotopic (exact) mass is 386 g/mol. The second-order valence-electron chi connectivity index (χ2n) is 8.93. The van der Waals surface area contributed by atoms with Gasteiger partial charge in [0.2, 0.25) is 0 Å². The molecule has 2 saturated carbocycles. The van der Waals surface area contributed by atoms with E-state index in [9.17, 15) is 9.59 Å². The van der Waals surface area contributed by atoms with Crippen molar-refractivity contribution in [3.8, 4) is 11.5 Å². The molecule has 0 heterocycles. The lowest BCUT2D eigenvalue weighted by Crippen LogP contribution is -2.45. The average molecular weight is 386 g/mol. The van der Waals surface area contributed by atoms with Crippen LogP contribution < -0.4 is 9.47 Å². The molecule has 2 fully saturated rings. The number of carbonyl (C=O) groups excluding carboxylic acids is 2. The lowest BCUT2D eigenvalue weighted by atomic mass is 9.55. The maximum atomic E-state index is 11.7. The minimum atomic E-state index is -0.297. The molecule has 5 atom stereocenters. The molecule has 0 amide bonds. The van der Waals surface area contributed by atoms with E-state index in [4.69, 9.17) is 14.2 Å². The van der Waals surface area contributed by atoms with Gasteiger partial charge in [0.25, 0.3) is 0 Å². The quantitative estimate of drug-likeness (QED) is 0.569. The zero-order chi connectivity index (χ0) is 20.1. The molecular weight excluding hydrogens is 356 g/mol. The van der Waals surface area contributed by atoms with E-state index in [1.165, 1.54) is 25.0 Å². The first-order valence-corrected chi connectivity index (χ1v) is 10.4. The van der Waals surface area contributed by atoms with Crippen LogP contribution in [0.1, 0.15) is 69.9 Å². The van der Waals surface area contributed by atoms with Crippen LogP contribution in [0, 0.1) is 17.3 Å². The molecule has 28 heavy (non-hydrogen) atoms. The van der Waals surface area contributed by atoms with Crippen LogP contribution >= 0.6 is 0 Å². The van der Waals surface area contributed by atoms with Crippen molar-refractivity contribution in [1.82, 2.24) is 0 Å². The Morgan fingerprint density at radius 2 is 1.86 bits per heavy atom. The summed E-state index contributed by atoms with van der Waals surface area (Å²) in [5.74, 6) is 2.39. The van der Waals surface area contributed by atoms with Crippen molar-refractivity contribution in [2.24, 2.45) is 17.3 Å². The van der Waals surface area contributed by atoms with Gasteiger partial charge in [0.05, 0.1) is 7.11 Å². The van der Waals surface area contributed by atoms with Gasteiger partial charge in [-0.25, -0.2) is 0 Å². The van der Waals surface area contributed by atoms with Crippen LogP contribution in [0.15, 0.2) is 12.1 Å². The second kappa shape index (κ2) is 7.09. The SMILES string of the molecule is COc1cc2c(c(OC(C)=O)c1)[C@H]1CC[C@]3(C)[C@@H](OC(C)=O)CC[C@H]3[C@@H]1CC2. The Morgan fingerprint density at radius 1 is 1.07 bits per heavy atom. The maximum absolute atomic E-state index is 11.7. The summed E-state index contributed by atoms with van der Waals surface area (Å²) in [5, 5.41) is 0. The van der Waals surface area contributed by atoms with Crippen molar-refractivity contribution in [2.75, 3.05) is 7.11 Å². The predicted octanol–water partition coefficient (Wildman–Crippen LogP) is 4.41. The minimum Gasteiger partial charge on any atom is -0.497 e. The Morgan fingerprint density at radius 3 is 2.54 bits per heavy atom. The maximum Gasteiger partial charge on any atom is 0.308 e. The van der Waals surface area contributed by atoms with Gasteiger partial charge >= 0.3 is 11.9 Å². The summed E-state index contributed by atoms with van der Waals surface area (Å²) >= 11 is 0. The normalized spacial score (nSPS) is 33.3. The smallest absolute Gasteiger partial charge is 0.308 e. The Hall–Kier alpha value is -2.04. The molecule has 5 nitrogen and oxygen atoms in total. The standard InChI is InChI=1S/C23H30O5/c1-13(24)27-20-12-16(26-4)11-15-5-6-17-18(22(15)20)9-10-23(3)19(17)7-8-21(23)28-14(2)25/h11-12,17-19,21H,5-10H2,1-4H3/t17-,18+,19+,21+,23+/m1/s1. The molecule has 3 aliphatic rings. The largest absolute Gasteiger partial charge is 0.497 e. The zero-order valence-electron chi connectivity index (χ0n) is 17.2. The van der Waals surface area contributed by atoms with E-state index >= 15 is 0 Å². The summed E-state index contributed by atoms with van der Waals surface area (Å²) in [5.41, 5.74) is 2.50. The fourth-order valence-corrected chi connectivity index (χ4v) is 6.36. The van der Waals surface area contributed by atoms with Gasteiger partial charge < -0.3 is 14.2 Å². The molecule has 0 unspecified atom stereocenters. The third-order valence-corrected chi connectivity index (χ3v) is 7.47. The van der Waals surface area contributed by atoms with E-state index in [0.717, 1.165) is 44.3 Å². The molecule has 0 aliphatic heterocycles. The number of esters is 2. The first-order valence-electron chi connectivity index (χ1n) is 10.4. The summed E-state index contributed by atoms with van der Waals surface area (Å²) in [6.07, 6.45) is 6.23. The molecule has 0 bridgehead atoms. The Kier molecular flexibility index (Phi) is 4.88. The number of hydrogen-bond donors (Lipinski definition) is 0. The second-order valence-corrected chi connectivity index (χ2v) is 8.93. The predicted molar refractivity (Wildman–Crippen MR) is 104 cm³/mol. The molecular formula is C23H30O5. The van der Waals surface area contributed by atoms with Crippen LogP contribution in [0.25, 0.3) is 0 Å². The molecule has 0 saturated heterocycles. The highest BCUT2D eigenvalue weighted by atomic mass is 16.5. The third-order valence-electron chi connectivity index (χ3n) is 7.47. The Labute approximate surface area is 166 Å². The summed E-state index contributed by atoms with van der Waals surface area (Å²) in [4.78, 5) is 23.3. The van der Waals surface area contributed by atoms with Crippen molar-refractivity contribution >= 4 is 11.9 Å². The number of hydrogen-bond acceptors (Lipinski definition) is 5. The molecule has 152 valence electrons. The van der Waals surface area contributed by atoms with Crippen molar-refractivity contribution in [3.05, 3.63) is 23.3 Å². The van der Waals surface area contributed by atoms with Crippen LogP contribution in [-0.4, -0.2) is 25.2 Å². The topological polar surface area (TPSA) is 61.8 Å². The van der Waals surface area contributed by atoms with Crippen LogP contribution in [0.3, 0.4) is 0 Å². The van der Waals surface area contributed by atoms with Gasteiger partial charge in [0, 0.05) is 30.9 Å². The van der Waals surface area contributed by atoms with Gasteiger partial charge in [-0.05, 0) is 67.9 Å². The van der Waals surface area contributed by atoms with Crippen molar-refractivity contribution < 1.29 is 23.8 Å². The summed E-state index contributed by atoms with van der Waals surface area (Å²) in [6, 6.07) is 3.95. The molecule has 3 aliphatic carbocycles. The number of fused-ring (bicyclic) bond motifs is 5. The number of ether oxygens (including phenoxy) is 3. The molecule has 0 aromatic heterocycles. The van der Waals surface area contributed by atoms with Crippen molar-refractivity contribution in [2.45, 2.75) is 71.3 Å². The van der Waals surface area contributed by atoms with Gasteiger partial charge in [-0.15, -0.1) is 0 Å². The molecule has 4 rings (SSSR count). The van der Waals surface area contributed by atoms with Crippen molar-refractivity contribution in [3.63, 3.8) is 0 Å². The summed E-state index contributed by atoms with van der Waals surface area (Å²) in [7, 11) is 1.64. The number of aryl methyl sites for hydroxylation is 1. The molecule has 1 aromatic rings. The van der Waals surface area contributed by atoms with Crippen LogP contribution in [0.4, 0.5) is 0 Å². The van der Waals surface area contributed by atoms with Crippen LogP contribution in [0.2, 0.25) is 0 Å². The number of rotatable bonds is 3. The fourth-order valence-electron chi connectivity index (χ4n) is 6.36. The highest BCUT2D eigenvalue weighted by Crippen LogP contribution is 2.62. The van der Waals surface area contributed by atoms with Crippen molar-refractivity contribution in [1.29, 1.82) is 0 Å². The minimum absolute atomic E-state index is 0.0288. The van der Waals surface area contributed by atoms with Gasteiger partial charge in [-0.1, -0.05) is 6.92 Å². The third kappa shape index (κ3) is 3.09. The van der Waals surface area contributed by atoms with Crippen LogP contribution in [0.5, 0.6) is 11.5 Å². The Bertz CT molecular complexity index is 800. The van der Waals surface area contributed by atoms with Gasteiger partial charge in [-0.3, -0.25) is 9.59 Å². The summed E-state index contributed by atoms with van der Waals surface area (Å²) < 4.78 is 16.8. The first kappa shape index (κ1) is 19.3. The molecule has 1 aromatic carbocycles. The van der Waals surface area contributed by atoms with E-state index in [-0.39, 0.29) is 23.5 Å². The Balaban J connectivity index is 1.69. The number of benzene rings is 1. The summed E-state index contributed by atoms with van der Waals surface area (Å²) in [6.45, 7) is 5.27.